The fourth-order valence-electron chi connectivity index (χ4n) is 3.02. The van der Waals surface area contributed by atoms with Crippen molar-refractivity contribution in [3.63, 3.8) is 0 Å². The molecule has 1 aliphatic heterocycles. The molecule has 0 amide bonds. The summed E-state index contributed by atoms with van der Waals surface area (Å²) in [5, 5.41) is 0. The van der Waals surface area contributed by atoms with Gasteiger partial charge in [-0.1, -0.05) is 0 Å². The van der Waals surface area contributed by atoms with Crippen LogP contribution in [0.2, 0.25) is 0 Å². The van der Waals surface area contributed by atoms with E-state index in [-0.39, 0.29) is 6.04 Å². The maximum atomic E-state index is 11.2. The van der Waals surface area contributed by atoms with E-state index in [0.717, 1.165) is 43.3 Å². The Labute approximate surface area is 136 Å². The lowest BCUT2D eigenvalue weighted by molar-refractivity contribution is 0.160. The molecule has 7 nitrogen and oxygen atoms in total. The molecule has 2 aromatic heterocycles. The van der Waals surface area contributed by atoms with E-state index in [1.807, 2.05) is 31.6 Å². The van der Waals surface area contributed by atoms with Gasteiger partial charge in [0, 0.05) is 31.9 Å². The van der Waals surface area contributed by atoms with Crippen molar-refractivity contribution < 1.29 is 12.8 Å². The lowest BCUT2D eigenvalue weighted by Gasteiger charge is -2.34. The molecule has 0 aliphatic carbocycles. The zero-order chi connectivity index (χ0) is 16.4. The fraction of sp³-hybridized carbons (Fsp3) is 0.533. The summed E-state index contributed by atoms with van der Waals surface area (Å²) < 4.78 is 32.8. The quantitative estimate of drug-likeness (QED) is 0.858. The summed E-state index contributed by atoms with van der Waals surface area (Å²) in [6, 6.07) is 4.17. The van der Waals surface area contributed by atoms with Gasteiger partial charge in [0.2, 0.25) is 10.0 Å². The summed E-state index contributed by atoms with van der Waals surface area (Å²) >= 11 is 0. The standard InChI is InChI=1S/C15H22N4O3S/c1-12-3-4-15(22-12)10-18-8-13(5-6-17-23(2,20)21)19-11-16-7-14(19)9-18/h3-4,7,11,13,17H,5-6,8-10H2,1-2H3/t13-/m0/s1. The minimum atomic E-state index is -3.15. The van der Waals surface area contributed by atoms with Crippen LogP contribution in [0.3, 0.4) is 0 Å². The van der Waals surface area contributed by atoms with Crippen LogP contribution in [-0.2, 0) is 23.1 Å². The predicted octanol–water partition coefficient (Wildman–Crippen LogP) is 1.28. The Kier molecular flexibility index (Phi) is 4.56. The van der Waals surface area contributed by atoms with E-state index in [1.165, 1.54) is 6.26 Å². The van der Waals surface area contributed by atoms with Gasteiger partial charge in [-0.2, -0.15) is 0 Å². The molecule has 1 atom stereocenters. The van der Waals surface area contributed by atoms with Crippen molar-refractivity contribution in [2.75, 3.05) is 19.3 Å². The second-order valence-electron chi connectivity index (χ2n) is 6.08. The molecule has 0 radical (unpaired) electrons. The summed E-state index contributed by atoms with van der Waals surface area (Å²) in [4.78, 5) is 6.54. The van der Waals surface area contributed by atoms with Gasteiger partial charge in [0.25, 0.3) is 0 Å². The number of nitrogens with one attached hydrogen (secondary N) is 1. The first-order valence-corrected chi connectivity index (χ1v) is 9.53. The highest BCUT2D eigenvalue weighted by atomic mass is 32.2. The topological polar surface area (TPSA) is 80.4 Å². The number of sulfonamides is 1. The fourth-order valence-corrected chi connectivity index (χ4v) is 3.50. The van der Waals surface area contributed by atoms with Crippen molar-refractivity contribution in [2.24, 2.45) is 0 Å². The van der Waals surface area contributed by atoms with Crippen LogP contribution in [0.15, 0.2) is 29.1 Å². The average Bonchev–Trinajstić information content (AvgIpc) is 3.06. The smallest absolute Gasteiger partial charge is 0.208 e. The van der Waals surface area contributed by atoms with Gasteiger partial charge in [0.1, 0.15) is 11.5 Å². The van der Waals surface area contributed by atoms with Gasteiger partial charge in [0.05, 0.1) is 24.8 Å². The zero-order valence-corrected chi connectivity index (χ0v) is 14.2. The van der Waals surface area contributed by atoms with Crippen LogP contribution in [0, 0.1) is 6.92 Å². The molecule has 0 fully saturated rings. The molecule has 1 N–H and O–H groups in total. The highest BCUT2D eigenvalue weighted by molar-refractivity contribution is 7.88. The molecule has 0 saturated carbocycles. The number of hydrogen-bond acceptors (Lipinski definition) is 5. The van der Waals surface area contributed by atoms with E-state index in [1.54, 1.807) is 0 Å². The van der Waals surface area contributed by atoms with Crippen LogP contribution in [0.25, 0.3) is 0 Å². The van der Waals surface area contributed by atoms with Crippen molar-refractivity contribution in [1.82, 2.24) is 19.2 Å². The molecule has 0 spiro atoms. The van der Waals surface area contributed by atoms with Gasteiger partial charge in [-0.05, 0) is 25.5 Å². The highest BCUT2D eigenvalue weighted by Crippen LogP contribution is 2.25. The van der Waals surface area contributed by atoms with Gasteiger partial charge in [-0.15, -0.1) is 0 Å². The van der Waals surface area contributed by atoms with Crippen LogP contribution >= 0.6 is 0 Å². The molecule has 0 aromatic carbocycles. The van der Waals surface area contributed by atoms with Crippen LogP contribution in [0.4, 0.5) is 0 Å². The van der Waals surface area contributed by atoms with Crippen LogP contribution in [0.5, 0.6) is 0 Å². The Hall–Kier alpha value is -1.64. The molecule has 0 saturated heterocycles. The Balaban J connectivity index is 1.67. The van der Waals surface area contributed by atoms with E-state index < -0.39 is 10.0 Å². The molecule has 0 bridgehead atoms. The zero-order valence-electron chi connectivity index (χ0n) is 13.4. The lowest BCUT2D eigenvalue weighted by Crippen LogP contribution is -2.38. The number of furan rings is 1. The lowest BCUT2D eigenvalue weighted by atomic mass is 10.1. The molecular formula is C15H22N4O3S. The Morgan fingerprint density at radius 3 is 2.96 bits per heavy atom. The minimum absolute atomic E-state index is 0.201. The number of fused-ring (bicyclic) bond motifs is 1. The first-order chi connectivity index (χ1) is 10.9. The number of rotatable bonds is 6. The highest BCUT2D eigenvalue weighted by Gasteiger charge is 2.25. The van der Waals surface area contributed by atoms with Gasteiger partial charge in [-0.3, -0.25) is 4.90 Å². The van der Waals surface area contributed by atoms with Crippen molar-refractivity contribution >= 4 is 10.0 Å². The number of hydrogen-bond donors (Lipinski definition) is 1. The Bertz CT molecular complexity index is 765. The van der Waals surface area contributed by atoms with Crippen molar-refractivity contribution in [3.8, 4) is 0 Å². The van der Waals surface area contributed by atoms with Gasteiger partial charge in [-0.25, -0.2) is 18.1 Å². The molecule has 1 aliphatic rings. The SMILES string of the molecule is Cc1ccc(CN2Cc3cncn3[C@@H](CCNS(C)(=O)=O)C2)o1. The van der Waals surface area contributed by atoms with Crippen LogP contribution in [0.1, 0.15) is 29.7 Å². The number of nitrogens with zero attached hydrogens (tertiary/aromatic N) is 3. The maximum absolute atomic E-state index is 11.2. The number of imidazole rings is 1. The van der Waals surface area contributed by atoms with E-state index in [0.29, 0.717) is 6.54 Å². The molecular weight excluding hydrogens is 316 g/mol. The summed E-state index contributed by atoms with van der Waals surface area (Å²) in [5.41, 5.74) is 1.14. The van der Waals surface area contributed by atoms with Crippen LogP contribution < -0.4 is 4.72 Å². The van der Waals surface area contributed by atoms with Crippen LogP contribution in [-0.4, -0.2) is 42.2 Å². The van der Waals surface area contributed by atoms with E-state index in [9.17, 15) is 8.42 Å². The first kappa shape index (κ1) is 16.2. The molecule has 3 rings (SSSR count). The summed E-state index contributed by atoms with van der Waals surface area (Å²) in [5.74, 6) is 1.86. The van der Waals surface area contributed by atoms with Gasteiger partial charge in [0.15, 0.2) is 0 Å². The molecule has 23 heavy (non-hydrogen) atoms. The normalized spacial score (nSPS) is 19.0. The number of aromatic nitrogens is 2. The van der Waals surface area contributed by atoms with E-state index in [4.69, 9.17) is 4.42 Å². The van der Waals surface area contributed by atoms with E-state index in [2.05, 4.69) is 19.2 Å². The molecule has 0 unspecified atom stereocenters. The van der Waals surface area contributed by atoms with Crippen molar-refractivity contribution in [2.45, 2.75) is 32.5 Å². The third-order valence-electron chi connectivity index (χ3n) is 4.01. The van der Waals surface area contributed by atoms with Gasteiger partial charge >= 0.3 is 0 Å². The maximum Gasteiger partial charge on any atom is 0.208 e. The molecule has 126 valence electrons. The first-order valence-electron chi connectivity index (χ1n) is 7.64. The van der Waals surface area contributed by atoms with Crippen molar-refractivity contribution in [3.05, 3.63) is 41.9 Å². The Morgan fingerprint density at radius 1 is 1.43 bits per heavy atom. The van der Waals surface area contributed by atoms with Crippen molar-refractivity contribution in [1.29, 1.82) is 0 Å². The Morgan fingerprint density at radius 2 is 2.26 bits per heavy atom. The minimum Gasteiger partial charge on any atom is -0.465 e. The molecule has 3 heterocycles. The third-order valence-corrected chi connectivity index (χ3v) is 4.74. The third kappa shape index (κ3) is 4.21. The summed E-state index contributed by atoms with van der Waals surface area (Å²) in [6.45, 7) is 4.77. The summed E-state index contributed by atoms with van der Waals surface area (Å²) in [6.07, 6.45) is 5.61. The number of aryl methyl sites for hydroxylation is 1. The van der Waals surface area contributed by atoms with Gasteiger partial charge < -0.3 is 8.98 Å². The molecule has 8 heteroatoms. The predicted molar refractivity (Wildman–Crippen MR) is 86.3 cm³/mol. The molecule has 2 aromatic rings. The largest absolute Gasteiger partial charge is 0.465 e. The average molecular weight is 338 g/mol. The second kappa shape index (κ2) is 6.46. The summed E-state index contributed by atoms with van der Waals surface area (Å²) in [7, 11) is -3.15. The van der Waals surface area contributed by atoms with E-state index >= 15 is 0 Å². The monoisotopic (exact) mass is 338 g/mol. The second-order valence-corrected chi connectivity index (χ2v) is 7.92.